The third-order valence-electron chi connectivity index (χ3n) is 2.03. The zero-order valence-electron chi connectivity index (χ0n) is 7.70. The van der Waals surface area contributed by atoms with Crippen molar-refractivity contribution in [2.24, 2.45) is 5.73 Å². The number of fused-ring (bicyclic) bond motifs is 1. The van der Waals surface area contributed by atoms with Crippen molar-refractivity contribution < 1.29 is 9.53 Å². The summed E-state index contributed by atoms with van der Waals surface area (Å²) in [5.41, 5.74) is 6.48. The molecular weight excluding hydrogens is 184 g/mol. The summed E-state index contributed by atoms with van der Waals surface area (Å²) in [6, 6.07) is 0. The van der Waals surface area contributed by atoms with Crippen LogP contribution in [0, 0.1) is 0 Å². The largest absolute Gasteiger partial charge is 0.481 e. The van der Waals surface area contributed by atoms with Gasteiger partial charge in [-0.25, -0.2) is 4.98 Å². The second kappa shape index (κ2) is 3.22. The van der Waals surface area contributed by atoms with Crippen LogP contribution in [0.3, 0.4) is 0 Å². The van der Waals surface area contributed by atoms with Gasteiger partial charge in [-0.3, -0.25) is 4.79 Å². The molecule has 0 fully saturated rings. The van der Waals surface area contributed by atoms with E-state index >= 15 is 0 Å². The third kappa shape index (κ3) is 1.20. The van der Waals surface area contributed by atoms with E-state index in [1.165, 1.54) is 7.11 Å². The number of rotatable bonds is 2. The van der Waals surface area contributed by atoms with Gasteiger partial charge in [-0.2, -0.15) is 4.98 Å². The molecule has 74 valence electrons. The van der Waals surface area contributed by atoms with Crippen LogP contribution in [0.4, 0.5) is 0 Å². The summed E-state index contributed by atoms with van der Waals surface area (Å²) in [7, 11) is 1.51. The summed E-state index contributed by atoms with van der Waals surface area (Å²) >= 11 is 0. The number of amides is 1. The normalized spacial score (nSPS) is 13.7. The van der Waals surface area contributed by atoms with E-state index in [2.05, 4.69) is 15.3 Å². The quantitative estimate of drug-likeness (QED) is 0.642. The summed E-state index contributed by atoms with van der Waals surface area (Å²) in [6.07, 6.45) is 0. The molecule has 0 bridgehead atoms. The van der Waals surface area contributed by atoms with Crippen molar-refractivity contribution >= 4 is 5.91 Å². The van der Waals surface area contributed by atoms with E-state index < -0.39 is 0 Å². The van der Waals surface area contributed by atoms with Crippen LogP contribution in [-0.4, -0.2) is 23.0 Å². The smallest absolute Gasteiger partial charge is 0.270 e. The predicted molar refractivity (Wildman–Crippen MR) is 47.6 cm³/mol. The van der Waals surface area contributed by atoms with Gasteiger partial charge >= 0.3 is 0 Å². The average Bonchev–Trinajstić information content (AvgIpc) is 2.59. The molecule has 1 aliphatic heterocycles. The van der Waals surface area contributed by atoms with Gasteiger partial charge in [0.25, 0.3) is 5.91 Å². The molecule has 6 heteroatoms. The van der Waals surface area contributed by atoms with Crippen molar-refractivity contribution in [2.45, 2.75) is 13.1 Å². The molecule has 0 unspecified atom stereocenters. The van der Waals surface area contributed by atoms with Gasteiger partial charge in [0.05, 0.1) is 25.8 Å². The van der Waals surface area contributed by atoms with Crippen molar-refractivity contribution in [3.8, 4) is 5.88 Å². The number of hydrogen-bond acceptors (Lipinski definition) is 5. The monoisotopic (exact) mass is 194 g/mol. The maximum Gasteiger partial charge on any atom is 0.270 e. The van der Waals surface area contributed by atoms with Gasteiger partial charge in [0, 0.05) is 0 Å². The van der Waals surface area contributed by atoms with Crippen molar-refractivity contribution in [1.29, 1.82) is 0 Å². The Morgan fingerprint density at radius 1 is 1.57 bits per heavy atom. The van der Waals surface area contributed by atoms with Gasteiger partial charge in [-0.1, -0.05) is 0 Å². The summed E-state index contributed by atoms with van der Waals surface area (Å²) in [4.78, 5) is 19.4. The maximum atomic E-state index is 11.3. The zero-order chi connectivity index (χ0) is 10.1. The lowest BCUT2D eigenvalue weighted by atomic mass is 10.2. The summed E-state index contributed by atoms with van der Waals surface area (Å²) in [5, 5.41) is 2.65. The molecule has 0 atom stereocenters. The van der Waals surface area contributed by atoms with Crippen LogP contribution < -0.4 is 15.8 Å². The fraction of sp³-hybridized carbons (Fsp3) is 0.375. The number of nitrogens with two attached hydrogens (primary N) is 1. The lowest BCUT2D eigenvalue weighted by molar-refractivity contribution is 0.0961. The zero-order valence-corrected chi connectivity index (χ0v) is 7.70. The molecule has 1 aromatic heterocycles. The average molecular weight is 194 g/mol. The van der Waals surface area contributed by atoms with E-state index in [4.69, 9.17) is 10.5 Å². The van der Waals surface area contributed by atoms with E-state index in [0.29, 0.717) is 29.5 Å². The second-order valence-electron chi connectivity index (χ2n) is 2.86. The molecule has 0 radical (unpaired) electrons. The molecule has 0 saturated heterocycles. The number of nitrogens with one attached hydrogen (secondary N) is 1. The molecule has 0 saturated carbocycles. The highest BCUT2D eigenvalue weighted by Crippen LogP contribution is 2.22. The molecule has 1 aliphatic rings. The van der Waals surface area contributed by atoms with Gasteiger partial charge in [0.1, 0.15) is 11.5 Å². The standard InChI is InChI=1S/C8H10N4O2/c1-14-8-4-3-10-7(13)6(4)11-5(2-9)12-8/h2-3,9H2,1H3,(H,10,13). The first-order valence-electron chi connectivity index (χ1n) is 4.18. The summed E-state index contributed by atoms with van der Waals surface area (Å²) in [5.74, 6) is 0.641. The molecule has 3 N–H and O–H groups in total. The van der Waals surface area contributed by atoms with Crippen LogP contribution >= 0.6 is 0 Å². The van der Waals surface area contributed by atoms with Crippen LogP contribution in [0.15, 0.2) is 0 Å². The minimum Gasteiger partial charge on any atom is -0.481 e. The summed E-state index contributed by atoms with van der Waals surface area (Å²) < 4.78 is 5.05. The van der Waals surface area contributed by atoms with E-state index in [-0.39, 0.29) is 12.5 Å². The van der Waals surface area contributed by atoms with Crippen LogP contribution in [0.5, 0.6) is 5.88 Å². The van der Waals surface area contributed by atoms with Gasteiger partial charge < -0.3 is 15.8 Å². The van der Waals surface area contributed by atoms with E-state index in [1.54, 1.807) is 0 Å². The van der Waals surface area contributed by atoms with Gasteiger partial charge in [-0.05, 0) is 0 Å². The lowest BCUT2D eigenvalue weighted by Crippen LogP contribution is -2.14. The van der Waals surface area contributed by atoms with Crippen molar-refractivity contribution in [3.63, 3.8) is 0 Å². The highest BCUT2D eigenvalue weighted by Gasteiger charge is 2.25. The van der Waals surface area contributed by atoms with Crippen molar-refractivity contribution in [2.75, 3.05) is 7.11 Å². The van der Waals surface area contributed by atoms with Gasteiger partial charge in [0.2, 0.25) is 5.88 Å². The Morgan fingerprint density at radius 2 is 2.36 bits per heavy atom. The Kier molecular flexibility index (Phi) is 2.05. The van der Waals surface area contributed by atoms with Crippen LogP contribution in [0.2, 0.25) is 0 Å². The minimum absolute atomic E-state index is 0.191. The van der Waals surface area contributed by atoms with E-state index in [9.17, 15) is 4.79 Å². The fourth-order valence-corrected chi connectivity index (χ4v) is 1.37. The lowest BCUT2D eigenvalue weighted by Gasteiger charge is -2.05. The van der Waals surface area contributed by atoms with Crippen LogP contribution in [0.1, 0.15) is 21.9 Å². The number of hydrogen-bond donors (Lipinski definition) is 2. The van der Waals surface area contributed by atoms with Crippen molar-refractivity contribution in [3.05, 3.63) is 17.1 Å². The third-order valence-corrected chi connectivity index (χ3v) is 2.03. The molecular formula is C8H10N4O2. The fourth-order valence-electron chi connectivity index (χ4n) is 1.37. The highest BCUT2D eigenvalue weighted by atomic mass is 16.5. The first kappa shape index (κ1) is 8.89. The first-order valence-corrected chi connectivity index (χ1v) is 4.18. The van der Waals surface area contributed by atoms with Crippen LogP contribution in [0.25, 0.3) is 0 Å². The Balaban J connectivity index is 2.58. The SMILES string of the molecule is COc1nc(CN)nc2c1CNC2=O. The number of ether oxygens (including phenoxy) is 1. The predicted octanol–water partition coefficient (Wildman–Crippen LogP) is -0.813. The number of methoxy groups -OCH3 is 1. The van der Waals surface area contributed by atoms with E-state index in [0.717, 1.165) is 0 Å². The molecule has 2 heterocycles. The molecule has 6 nitrogen and oxygen atoms in total. The van der Waals surface area contributed by atoms with E-state index in [1.807, 2.05) is 0 Å². The number of carbonyl (C=O) groups excluding carboxylic acids is 1. The molecule has 1 amide bonds. The number of aromatic nitrogens is 2. The Bertz CT molecular complexity index is 391. The van der Waals surface area contributed by atoms with Crippen molar-refractivity contribution in [1.82, 2.24) is 15.3 Å². The molecule has 0 aliphatic carbocycles. The Hall–Kier alpha value is -1.69. The highest BCUT2D eigenvalue weighted by molar-refractivity contribution is 5.96. The Morgan fingerprint density at radius 3 is 3.00 bits per heavy atom. The van der Waals surface area contributed by atoms with Crippen LogP contribution in [-0.2, 0) is 13.1 Å². The Labute approximate surface area is 80.5 Å². The molecule has 14 heavy (non-hydrogen) atoms. The molecule has 1 aromatic rings. The number of nitrogens with zero attached hydrogens (tertiary/aromatic N) is 2. The van der Waals surface area contributed by atoms with Gasteiger partial charge in [-0.15, -0.1) is 0 Å². The summed E-state index contributed by atoms with van der Waals surface area (Å²) in [6.45, 7) is 0.610. The van der Waals surface area contributed by atoms with Gasteiger partial charge in [0.15, 0.2) is 0 Å². The molecule has 0 aromatic carbocycles. The first-order chi connectivity index (χ1) is 6.76. The second-order valence-corrected chi connectivity index (χ2v) is 2.86. The minimum atomic E-state index is -0.199. The number of carbonyl (C=O) groups is 1. The topological polar surface area (TPSA) is 90.1 Å². The molecule has 0 spiro atoms. The maximum absolute atomic E-state index is 11.3. The molecule has 2 rings (SSSR count).